The summed E-state index contributed by atoms with van der Waals surface area (Å²) in [7, 11) is 0. The van der Waals surface area contributed by atoms with Gasteiger partial charge in [-0.25, -0.2) is 4.68 Å². The van der Waals surface area contributed by atoms with Gasteiger partial charge in [0, 0.05) is 25.1 Å². The maximum atomic E-state index is 13.8. The number of nitrogens with zero attached hydrogens (tertiary/aromatic N) is 3. The third kappa shape index (κ3) is 3.51. The van der Waals surface area contributed by atoms with Crippen LogP contribution in [-0.4, -0.2) is 39.4 Å². The van der Waals surface area contributed by atoms with E-state index in [9.17, 15) is 18.0 Å². The van der Waals surface area contributed by atoms with Crippen molar-refractivity contribution in [1.82, 2.24) is 14.7 Å². The van der Waals surface area contributed by atoms with Crippen molar-refractivity contribution in [3.63, 3.8) is 0 Å². The van der Waals surface area contributed by atoms with Gasteiger partial charge in [-0.05, 0) is 42.2 Å². The van der Waals surface area contributed by atoms with E-state index in [0.29, 0.717) is 12.3 Å². The number of amides is 1. The van der Waals surface area contributed by atoms with Gasteiger partial charge in [-0.2, -0.15) is 18.3 Å². The van der Waals surface area contributed by atoms with Crippen LogP contribution in [0, 0.1) is 10.8 Å². The van der Waals surface area contributed by atoms with Gasteiger partial charge in [0.25, 0.3) is 5.91 Å². The molecule has 4 atom stereocenters. The minimum absolute atomic E-state index is 0.0402. The first kappa shape index (κ1) is 20.5. The monoisotopic (exact) mass is 436 g/mol. The number of furan rings is 1. The van der Waals surface area contributed by atoms with Crippen molar-refractivity contribution in [3.8, 4) is 0 Å². The fourth-order valence-corrected chi connectivity index (χ4v) is 6.20. The fraction of sp³-hybridized carbons (Fsp3) is 0.636. The lowest BCUT2D eigenvalue weighted by atomic mass is 9.65. The number of rotatable bonds is 2. The van der Waals surface area contributed by atoms with Gasteiger partial charge in [-0.3, -0.25) is 4.79 Å². The zero-order valence-corrected chi connectivity index (χ0v) is 17.9. The number of nitrogens with one attached hydrogen (secondary N) is 1. The number of fused-ring (bicyclic) bond motifs is 3. The van der Waals surface area contributed by atoms with E-state index in [2.05, 4.69) is 31.2 Å². The number of carbonyl (C=O) groups is 1. The predicted molar refractivity (Wildman–Crippen MR) is 108 cm³/mol. The molecule has 1 saturated carbocycles. The molecule has 5 rings (SSSR count). The zero-order chi connectivity index (χ0) is 22.2. The largest absolute Gasteiger partial charge is 0.467 e. The molecule has 6 nitrogen and oxygen atoms in total. The number of hydrogen-bond donors (Lipinski definition) is 1. The molecular weight excluding hydrogens is 409 g/mol. The molecule has 1 N–H and O–H groups in total. The smallest absolute Gasteiger partial charge is 0.410 e. The number of hydrogen-bond acceptors (Lipinski definition) is 4. The summed E-state index contributed by atoms with van der Waals surface area (Å²) in [6.07, 6.45) is -0.449. The molecule has 2 aromatic heterocycles. The molecule has 3 aliphatic rings. The lowest BCUT2D eigenvalue weighted by molar-refractivity contribution is -0.174. The SMILES string of the molecule is CC1(C)C[C@H]2C[C@](C)(CN2C(=O)c2cc3n(n2)[C@@H](C(F)(F)F)C[C@@H](c2ccco2)N3)C1. The van der Waals surface area contributed by atoms with Gasteiger partial charge < -0.3 is 14.6 Å². The van der Waals surface area contributed by atoms with Crippen molar-refractivity contribution in [2.24, 2.45) is 10.8 Å². The van der Waals surface area contributed by atoms with E-state index in [1.54, 1.807) is 12.1 Å². The zero-order valence-electron chi connectivity index (χ0n) is 17.9. The molecule has 0 aromatic carbocycles. The summed E-state index contributed by atoms with van der Waals surface area (Å²) in [6, 6.07) is 2.38. The molecule has 4 heterocycles. The highest BCUT2D eigenvalue weighted by Crippen LogP contribution is 2.53. The Balaban J connectivity index is 1.46. The number of halogens is 3. The summed E-state index contributed by atoms with van der Waals surface area (Å²) >= 11 is 0. The van der Waals surface area contributed by atoms with E-state index < -0.39 is 18.3 Å². The van der Waals surface area contributed by atoms with Crippen LogP contribution in [0.3, 0.4) is 0 Å². The second-order valence-corrected chi connectivity index (χ2v) is 10.5. The summed E-state index contributed by atoms with van der Waals surface area (Å²) < 4.78 is 47.8. The Morgan fingerprint density at radius 2 is 2.06 bits per heavy atom. The third-order valence-corrected chi connectivity index (χ3v) is 6.97. The molecule has 0 unspecified atom stereocenters. The van der Waals surface area contributed by atoms with Gasteiger partial charge in [0.2, 0.25) is 0 Å². The Morgan fingerprint density at radius 3 is 2.74 bits per heavy atom. The molecular formula is C22H27F3N4O2. The average Bonchev–Trinajstić information content (AvgIpc) is 3.35. The first-order valence-corrected chi connectivity index (χ1v) is 10.7. The topological polar surface area (TPSA) is 63.3 Å². The quantitative estimate of drug-likeness (QED) is 0.705. The molecule has 0 radical (unpaired) electrons. The van der Waals surface area contributed by atoms with E-state index in [4.69, 9.17) is 4.42 Å². The summed E-state index contributed by atoms with van der Waals surface area (Å²) in [5, 5.41) is 7.21. The van der Waals surface area contributed by atoms with Crippen LogP contribution in [0.1, 0.15) is 74.8 Å². The molecule has 1 aliphatic carbocycles. The standard InChI is InChI=1S/C22H27F3N4O2/c1-20(2)9-13-10-21(3,11-20)12-28(13)19(30)15-8-18-26-14(16-5-4-6-31-16)7-17(22(23,24)25)29(18)27-15/h4-6,8,13-14,17,26H,7,9-12H2,1-3H3/t13-,14-,17+,21-/m0/s1. The van der Waals surface area contributed by atoms with Crippen LogP contribution in [0.2, 0.25) is 0 Å². The van der Waals surface area contributed by atoms with Crippen LogP contribution in [0.25, 0.3) is 0 Å². The Hall–Kier alpha value is -2.45. The molecule has 1 saturated heterocycles. The number of anilines is 1. The van der Waals surface area contributed by atoms with Crippen LogP contribution < -0.4 is 5.32 Å². The van der Waals surface area contributed by atoms with E-state index in [1.165, 1.54) is 12.3 Å². The summed E-state index contributed by atoms with van der Waals surface area (Å²) in [5.41, 5.74) is 0.239. The Bertz CT molecular complexity index is 997. The lowest BCUT2D eigenvalue weighted by Gasteiger charge is -2.39. The minimum atomic E-state index is -4.49. The summed E-state index contributed by atoms with van der Waals surface area (Å²) in [6.45, 7) is 7.25. The average molecular weight is 436 g/mol. The van der Waals surface area contributed by atoms with Gasteiger partial charge in [-0.1, -0.05) is 20.8 Å². The second-order valence-electron chi connectivity index (χ2n) is 10.5. The minimum Gasteiger partial charge on any atom is -0.467 e. The maximum absolute atomic E-state index is 13.8. The van der Waals surface area contributed by atoms with E-state index in [-0.39, 0.29) is 40.7 Å². The first-order chi connectivity index (χ1) is 14.4. The van der Waals surface area contributed by atoms with Crippen molar-refractivity contribution in [1.29, 1.82) is 0 Å². The van der Waals surface area contributed by atoms with Gasteiger partial charge in [0.1, 0.15) is 11.6 Å². The van der Waals surface area contributed by atoms with Gasteiger partial charge in [-0.15, -0.1) is 0 Å². The molecule has 2 bridgehead atoms. The van der Waals surface area contributed by atoms with Crippen molar-refractivity contribution in [2.45, 2.75) is 70.8 Å². The molecule has 31 heavy (non-hydrogen) atoms. The first-order valence-electron chi connectivity index (χ1n) is 10.7. The van der Waals surface area contributed by atoms with Crippen LogP contribution in [0.5, 0.6) is 0 Å². The molecule has 1 amide bonds. The molecule has 2 aliphatic heterocycles. The maximum Gasteiger partial charge on any atom is 0.410 e. The Labute approximate surface area is 178 Å². The molecule has 9 heteroatoms. The van der Waals surface area contributed by atoms with Gasteiger partial charge in [0.05, 0.1) is 12.3 Å². The highest BCUT2D eigenvalue weighted by atomic mass is 19.4. The number of likely N-dealkylation sites (tertiary alicyclic amines) is 1. The van der Waals surface area contributed by atoms with Crippen molar-refractivity contribution in [2.75, 3.05) is 11.9 Å². The number of aromatic nitrogens is 2. The normalized spacial score (nSPS) is 31.9. The Morgan fingerprint density at radius 1 is 1.29 bits per heavy atom. The van der Waals surface area contributed by atoms with Gasteiger partial charge in [0.15, 0.2) is 11.7 Å². The summed E-state index contributed by atoms with van der Waals surface area (Å²) in [5.74, 6) is 0.329. The van der Waals surface area contributed by atoms with Crippen LogP contribution in [-0.2, 0) is 0 Å². The fourth-order valence-electron chi connectivity index (χ4n) is 6.20. The second kappa shape index (κ2) is 6.53. The number of carbonyl (C=O) groups excluding carboxylic acids is 1. The highest BCUT2D eigenvalue weighted by molar-refractivity contribution is 5.93. The van der Waals surface area contributed by atoms with Crippen molar-refractivity contribution >= 4 is 11.7 Å². The van der Waals surface area contributed by atoms with E-state index in [1.807, 2.05) is 4.90 Å². The van der Waals surface area contributed by atoms with Crippen LogP contribution in [0.4, 0.5) is 19.0 Å². The molecule has 168 valence electrons. The van der Waals surface area contributed by atoms with Crippen molar-refractivity contribution < 1.29 is 22.4 Å². The van der Waals surface area contributed by atoms with E-state index >= 15 is 0 Å². The van der Waals surface area contributed by atoms with E-state index in [0.717, 1.165) is 23.9 Å². The Kier molecular flexibility index (Phi) is 4.31. The van der Waals surface area contributed by atoms with Crippen molar-refractivity contribution in [3.05, 3.63) is 35.9 Å². The number of alkyl halides is 3. The van der Waals surface area contributed by atoms with Crippen LogP contribution >= 0.6 is 0 Å². The molecule has 2 fully saturated rings. The highest BCUT2D eigenvalue weighted by Gasteiger charge is 2.52. The summed E-state index contributed by atoms with van der Waals surface area (Å²) in [4.78, 5) is 15.2. The van der Waals surface area contributed by atoms with Gasteiger partial charge >= 0.3 is 6.18 Å². The third-order valence-electron chi connectivity index (χ3n) is 6.97. The van der Waals surface area contributed by atoms with Crippen LogP contribution in [0.15, 0.2) is 28.9 Å². The molecule has 2 aromatic rings. The predicted octanol–water partition coefficient (Wildman–Crippen LogP) is 5.18. The lowest BCUT2D eigenvalue weighted by Crippen LogP contribution is -2.38. The molecule has 0 spiro atoms.